The van der Waals surface area contributed by atoms with Crippen LogP contribution in [0.3, 0.4) is 0 Å². The summed E-state index contributed by atoms with van der Waals surface area (Å²) in [4.78, 5) is 10.8. The molecule has 0 spiro atoms. The summed E-state index contributed by atoms with van der Waals surface area (Å²) in [6.45, 7) is 0. The van der Waals surface area contributed by atoms with Gasteiger partial charge < -0.3 is 4.74 Å². The van der Waals surface area contributed by atoms with Crippen LogP contribution in [0.25, 0.3) is 0 Å². The highest BCUT2D eigenvalue weighted by molar-refractivity contribution is 8.13. The minimum atomic E-state index is -4.14. The van der Waals surface area contributed by atoms with Crippen LogP contribution in [0.2, 0.25) is 5.02 Å². The molecule has 0 atom stereocenters. The molecule has 17 heavy (non-hydrogen) atoms. The lowest BCUT2D eigenvalue weighted by molar-refractivity contribution is 0.0600. The van der Waals surface area contributed by atoms with E-state index in [2.05, 4.69) is 4.74 Å². The van der Waals surface area contributed by atoms with E-state index in [-0.39, 0.29) is 16.1 Å². The van der Waals surface area contributed by atoms with Crippen molar-refractivity contribution in [1.82, 2.24) is 0 Å². The quantitative estimate of drug-likeness (QED) is 0.614. The Hall–Kier alpha value is -1.29. The van der Waals surface area contributed by atoms with E-state index in [4.69, 9.17) is 27.5 Å². The monoisotopic (exact) mass is 293 g/mol. The molecule has 0 amide bonds. The Bertz CT molecular complexity index is 619. The molecule has 0 aliphatic heterocycles. The van der Waals surface area contributed by atoms with Gasteiger partial charge in [0.25, 0.3) is 9.05 Å². The molecule has 0 aliphatic rings. The predicted molar refractivity (Wildman–Crippen MR) is 60.5 cm³/mol. The van der Waals surface area contributed by atoms with Gasteiger partial charge in [0.05, 0.1) is 23.3 Å². The van der Waals surface area contributed by atoms with Crippen LogP contribution < -0.4 is 0 Å². The van der Waals surface area contributed by atoms with Crippen molar-refractivity contribution in [2.45, 2.75) is 4.90 Å². The Balaban J connectivity index is 3.62. The standard InChI is InChI=1S/C9H5Cl2NO4S/c1-16-9(13)6-3-8(17(11,14)15)5(4-12)2-7(6)10/h2-3H,1H3. The smallest absolute Gasteiger partial charge is 0.339 e. The highest BCUT2D eigenvalue weighted by Gasteiger charge is 2.21. The van der Waals surface area contributed by atoms with Crippen LogP contribution in [0.1, 0.15) is 15.9 Å². The Morgan fingerprint density at radius 1 is 1.47 bits per heavy atom. The Morgan fingerprint density at radius 3 is 2.47 bits per heavy atom. The number of rotatable bonds is 2. The third-order valence-electron chi connectivity index (χ3n) is 1.86. The molecule has 0 aromatic heterocycles. The summed E-state index contributed by atoms with van der Waals surface area (Å²) in [5.41, 5.74) is -0.412. The molecule has 90 valence electrons. The van der Waals surface area contributed by atoms with E-state index in [0.717, 1.165) is 19.2 Å². The summed E-state index contributed by atoms with van der Waals surface area (Å²) >= 11 is 5.71. The van der Waals surface area contributed by atoms with E-state index in [1.54, 1.807) is 6.07 Å². The molecular weight excluding hydrogens is 289 g/mol. The molecule has 0 bridgehead atoms. The van der Waals surface area contributed by atoms with Crippen molar-refractivity contribution < 1.29 is 17.9 Å². The number of nitriles is 1. The Kier molecular flexibility index (Phi) is 3.98. The van der Waals surface area contributed by atoms with Crippen LogP contribution >= 0.6 is 22.3 Å². The maximum Gasteiger partial charge on any atom is 0.339 e. The van der Waals surface area contributed by atoms with Crippen molar-refractivity contribution in [3.8, 4) is 6.07 Å². The number of hydrogen-bond acceptors (Lipinski definition) is 5. The Labute approximate surface area is 107 Å². The number of ether oxygens (including phenoxy) is 1. The van der Waals surface area contributed by atoms with Gasteiger partial charge in [-0.3, -0.25) is 0 Å². The van der Waals surface area contributed by atoms with E-state index in [9.17, 15) is 13.2 Å². The number of esters is 1. The molecule has 8 heteroatoms. The highest BCUT2D eigenvalue weighted by Crippen LogP contribution is 2.27. The van der Waals surface area contributed by atoms with Gasteiger partial charge in [-0.15, -0.1) is 0 Å². The predicted octanol–water partition coefficient (Wildman–Crippen LogP) is 1.93. The molecule has 5 nitrogen and oxygen atoms in total. The number of nitrogens with zero attached hydrogens (tertiary/aromatic N) is 1. The number of methoxy groups -OCH3 is 1. The van der Waals surface area contributed by atoms with Crippen molar-refractivity contribution >= 4 is 37.3 Å². The molecule has 1 aromatic rings. The summed E-state index contributed by atoms with van der Waals surface area (Å²) in [5, 5.41) is 8.66. The molecule has 0 N–H and O–H groups in total. The number of halogens is 2. The van der Waals surface area contributed by atoms with Crippen LogP contribution in [0.5, 0.6) is 0 Å². The van der Waals surface area contributed by atoms with Gasteiger partial charge in [0, 0.05) is 10.7 Å². The van der Waals surface area contributed by atoms with E-state index >= 15 is 0 Å². The summed E-state index contributed by atoms with van der Waals surface area (Å²) in [5.74, 6) is -0.818. The first-order chi connectivity index (χ1) is 7.81. The second-order valence-corrected chi connectivity index (χ2v) is 5.81. The van der Waals surface area contributed by atoms with Gasteiger partial charge in [0.15, 0.2) is 0 Å². The van der Waals surface area contributed by atoms with Crippen LogP contribution in [0.4, 0.5) is 0 Å². The van der Waals surface area contributed by atoms with Gasteiger partial charge in [-0.25, -0.2) is 13.2 Å². The summed E-state index contributed by atoms with van der Waals surface area (Å²) < 4.78 is 26.8. The Morgan fingerprint density at radius 2 is 2.06 bits per heavy atom. The first-order valence-electron chi connectivity index (χ1n) is 4.08. The minimum Gasteiger partial charge on any atom is -0.465 e. The van der Waals surface area contributed by atoms with Crippen molar-refractivity contribution in [2.24, 2.45) is 0 Å². The van der Waals surface area contributed by atoms with E-state index in [1.807, 2.05) is 0 Å². The zero-order valence-electron chi connectivity index (χ0n) is 8.40. The summed E-state index contributed by atoms with van der Waals surface area (Å²) in [7, 11) is 2.11. The molecular formula is C9H5Cl2NO4S. The molecule has 0 unspecified atom stereocenters. The molecule has 1 aromatic carbocycles. The fourth-order valence-corrected chi connectivity index (χ4v) is 2.36. The topological polar surface area (TPSA) is 84.2 Å². The molecule has 1 rings (SSSR count). The van der Waals surface area contributed by atoms with Gasteiger partial charge in [-0.2, -0.15) is 5.26 Å². The second kappa shape index (κ2) is 4.92. The van der Waals surface area contributed by atoms with Crippen LogP contribution in [-0.4, -0.2) is 21.5 Å². The van der Waals surface area contributed by atoms with Crippen molar-refractivity contribution in [3.05, 3.63) is 28.3 Å². The number of carbonyl (C=O) groups excluding carboxylic acids is 1. The van der Waals surface area contributed by atoms with Crippen molar-refractivity contribution in [2.75, 3.05) is 7.11 Å². The van der Waals surface area contributed by atoms with Gasteiger partial charge in [-0.1, -0.05) is 11.6 Å². The molecule has 0 fully saturated rings. The number of carbonyl (C=O) groups is 1. The molecule has 0 saturated heterocycles. The van der Waals surface area contributed by atoms with Gasteiger partial charge >= 0.3 is 5.97 Å². The summed E-state index contributed by atoms with van der Waals surface area (Å²) in [6, 6.07) is 3.58. The first kappa shape index (κ1) is 13.8. The van der Waals surface area contributed by atoms with E-state index in [0.29, 0.717) is 0 Å². The van der Waals surface area contributed by atoms with Crippen molar-refractivity contribution in [1.29, 1.82) is 5.26 Å². The number of hydrogen-bond donors (Lipinski definition) is 0. The lowest BCUT2D eigenvalue weighted by Gasteiger charge is -2.05. The number of benzene rings is 1. The average molecular weight is 294 g/mol. The lowest BCUT2D eigenvalue weighted by atomic mass is 10.1. The SMILES string of the molecule is COC(=O)c1cc(S(=O)(=O)Cl)c(C#N)cc1Cl. The minimum absolute atomic E-state index is 0.0857. The normalized spacial score (nSPS) is 10.7. The van der Waals surface area contributed by atoms with Crippen molar-refractivity contribution in [3.63, 3.8) is 0 Å². The van der Waals surface area contributed by atoms with Crippen LogP contribution in [0, 0.1) is 11.3 Å². The maximum absolute atomic E-state index is 11.3. The third-order valence-corrected chi connectivity index (χ3v) is 3.53. The maximum atomic E-state index is 11.3. The molecule has 0 radical (unpaired) electrons. The zero-order chi connectivity index (χ0) is 13.2. The fourth-order valence-electron chi connectivity index (χ4n) is 1.11. The van der Waals surface area contributed by atoms with Gasteiger partial charge in [0.2, 0.25) is 0 Å². The zero-order valence-corrected chi connectivity index (χ0v) is 10.7. The molecule has 0 heterocycles. The van der Waals surface area contributed by atoms with Crippen LogP contribution in [0.15, 0.2) is 17.0 Å². The molecule has 0 saturated carbocycles. The first-order valence-corrected chi connectivity index (χ1v) is 6.76. The largest absolute Gasteiger partial charge is 0.465 e. The third kappa shape index (κ3) is 2.88. The highest BCUT2D eigenvalue weighted by atomic mass is 35.7. The van der Waals surface area contributed by atoms with Crippen LogP contribution in [-0.2, 0) is 13.8 Å². The molecule has 0 aliphatic carbocycles. The van der Waals surface area contributed by atoms with Gasteiger partial charge in [0.1, 0.15) is 11.0 Å². The lowest BCUT2D eigenvalue weighted by Crippen LogP contribution is -2.05. The van der Waals surface area contributed by atoms with E-state index in [1.165, 1.54) is 0 Å². The fraction of sp³-hybridized carbons (Fsp3) is 0.111. The average Bonchev–Trinajstić information content (AvgIpc) is 2.25. The van der Waals surface area contributed by atoms with E-state index < -0.39 is 19.9 Å². The summed E-state index contributed by atoms with van der Waals surface area (Å²) in [6.07, 6.45) is 0. The van der Waals surface area contributed by atoms with Gasteiger partial charge in [-0.05, 0) is 12.1 Å². The second-order valence-electron chi connectivity index (χ2n) is 2.87.